The van der Waals surface area contributed by atoms with E-state index in [9.17, 15) is 0 Å². The molecule has 3 heteroatoms. The van der Waals surface area contributed by atoms with E-state index >= 15 is 0 Å². The van der Waals surface area contributed by atoms with E-state index in [-0.39, 0.29) is 0 Å². The minimum Gasteiger partial charge on any atom is -0.341 e. The molecule has 2 nitrogen and oxygen atoms in total. The molecule has 1 aromatic carbocycles. The molecule has 0 spiro atoms. The number of aromatic amines is 1. The Morgan fingerprint density at radius 1 is 1.33 bits per heavy atom. The average molecular weight is 225 g/mol. The summed E-state index contributed by atoms with van der Waals surface area (Å²) in [5, 5.41) is 0. The van der Waals surface area contributed by atoms with E-state index in [4.69, 9.17) is 0 Å². The van der Waals surface area contributed by atoms with Crippen molar-refractivity contribution < 1.29 is 0 Å². The summed E-state index contributed by atoms with van der Waals surface area (Å²) in [5.74, 6) is 0.958. The largest absolute Gasteiger partial charge is 0.341 e. The zero-order valence-corrected chi connectivity index (χ0v) is 8.57. The van der Waals surface area contributed by atoms with Gasteiger partial charge in [-0.3, -0.25) is 0 Å². The molecule has 1 aromatic heterocycles. The Hall–Kier alpha value is -0.830. The number of nitrogens with one attached hydrogen (secondary N) is 1. The van der Waals surface area contributed by atoms with Crippen molar-refractivity contribution in [1.82, 2.24) is 9.97 Å². The summed E-state index contributed by atoms with van der Waals surface area (Å²) in [6.45, 7) is 4.03. The molecule has 0 aliphatic carbocycles. The maximum Gasteiger partial charge on any atom is 0.104 e. The number of aryl methyl sites for hydroxylation is 2. The van der Waals surface area contributed by atoms with E-state index in [0.29, 0.717) is 0 Å². The predicted octanol–water partition coefficient (Wildman–Crippen LogP) is 2.94. The molecular weight excluding hydrogens is 216 g/mol. The number of aromatic nitrogens is 2. The number of fused-ring (bicyclic) bond motifs is 1. The van der Waals surface area contributed by atoms with Crippen LogP contribution in [0, 0.1) is 13.8 Å². The topological polar surface area (TPSA) is 28.7 Å². The lowest BCUT2D eigenvalue weighted by molar-refractivity contribution is 1.17. The molecule has 0 saturated heterocycles. The number of hydrogen-bond donors (Lipinski definition) is 1. The van der Waals surface area contributed by atoms with Crippen molar-refractivity contribution >= 4 is 27.0 Å². The van der Waals surface area contributed by atoms with Gasteiger partial charge in [-0.1, -0.05) is 6.07 Å². The van der Waals surface area contributed by atoms with E-state index in [1.807, 2.05) is 13.0 Å². The highest BCUT2D eigenvalue weighted by atomic mass is 79.9. The minimum absolute atomic E-state index is 0.958. The number of imidazole rings is 1. The van der Waals surface area contributed by atoms with Crippen LogP contribution in [0.1, 0.15) is 11.4 Å². The third kappa shape index (κ3) is 1.05. The summed E-state index contributed by atoms with van der Waals surface area (Å²) < 4.78 is 1.07. The molecule has 1 N–H and O–H groups in total. The SMILES string of the molecule is Cc1nc2c(C)ccc(Br)c2[nH]1. The molecule has 2 rings (SSSR count). The molecule has 0 amide bonds. The van der Waals surface area contributed by atoms with Gasteiger partial charge >= 0.3 is 0 Å². The second-order valence-corrected chi connectivity index (χ2v) is 3.76. The minimum atomic E-state index is 0.958. The second-order valence-electron chi connectivity index (χ2n) is 2.91. The summed E-state index contributed by atoms with van der Waals surface area (Å²) in [6, 6.07) is 4.10. The van der Waals surface area contributed by atoms with Gasteiger partial charge in [0.1, 0.15) is 5.82 Å². The second kappa shape index (κ2) is 2.59. The molecule has 1 heterocycles. The van der Waals surface area contributed by atoms with Gasteiger partial charge in [0.25, 0.3) is 0 Å². The molecule has 2 aromatic rings. The van der Waals surface area contributed by atoms with Crippen molar-refractivity contribution in [2.24, 2.45) is 0 Å². The summed E-state index contributed by atoms with van der Waals surface area (Å²) in [5.41, 5.74) is 3.35. The van der Waals surface area contributed by atoms with E-state index in [0.717, 1.165) is 21.3 Å². The van der Waals surface area contributed by atoms with Gasteiger partial charge in [0, 0.05) is 4.47 Å². The van der Waals surface area contributed by atoms with Crippen LogP contribution in [0.4, 0.5) is 0 Å². The third-order valence-corrected chi connectivity index (χ3v) is 2.58. The molecule has 12 heavy (non-hydrogen) atoms. The molecule has 0 aliphatic heterocycles. The zero-order chi connectivity index (χ0) is 8.72. The van der Waals surface area contributed by atoms with E-state index in [2.05, 4.69) is 38.9 Å². The quantitative estimate of drug-likeness (QED) is 0.733. The Bertz CT molecular complexity index is 392. The predicted molar refractivity (Wildman–Crippen MR) is 53.3 cm³/mol. The summed E-state index contributed by atoms with van der Waals surface area (Å²) in [7, 11) is 0. The van der Waals surface area contributed by atoms with Crippen molar-refractivity contribution in [2.75, 3.05) is 0 Å². The molecule has 0 bridgehead atoms. The lowest BCUT2D eigenvalue weighted by Crippen LogP contribution is -1.76. The Morgan fingerprint density at radius 2 is 2.08 bits per heavy atom. The first kappa shape index (κ1) is 7.80. The highest BCUT2D eigenvalue weighted by Crippen LogP contribution is 2.24. The number of H-pyrrole nitrogens is 1. The van der Waals surface area contributed by atoms with Crippen molar-refractivity contribution in [2.45, 2.75) is 13.8 Å². The number of hydrogen-bond acceptors (Lipinski definition) is 1. The Balaban J connectivity index is 2.93. The number of nitrogens with zero attached hydrogens (tertiary/aromatic N) is 1. The van der Waals surface area contributed by atoms with Gasteiger partial charge in [-0.05, 0) is 41.4 Å². The monoisotopic (exact) mass is 224 g/mol. The zero-order valence-electron chi connectivity index (χ0n) is 6.98. The van der Waals surface area contributed by atoms with Crippen molar-refractivity contribution in [3.8, 4) is 0 Å². The fraction of sp³-hybridized carbons (Fsp3) is 0.222. The first-order valence-electron chi connectivity index (χ1n) is 3.80. The van der Waals surface area contributed by atoms with E-state index in [1.165, 1.54) is 5.56 Å². The van der Waals surface area contributed by atoms with Crippen LogP contribution in [0.3, 0.4) is 0 Å². The summed E-state index contributed by atoms with van der Waals surface area (Å²) in [6.07, 6.45) is 0. The van der Waals surface area contributed by atoms with Gasteiger partial charge in [-0.25, -0.2) is 4.98 Å². The molecule has 0 aliphatic rings. The summed E-state index contributed by atoms with van der Waals surface area (Å²) in [4.78, 5) is 7.60. The lowest BCUT2D eigenvalue weighted by Gasteiger charge is -1.95. The summed E-state index contributed by atoms with van der Waals surface area (Å²) >= 11 is 3.47. The lowest BCUT2D eigenvalue weighted by atomic mass is 10.2. The fourth-order valence-electron chi connectivity index (χ4n) is 1.31. The molecule has 0 atom stereocenters. The van der Waals surface area contributed by atoms with E-state index in [1.54, 1.807) is 0 Å². The van der Waals surface area contributed by atoms with Crippen LogP contribution in [-0.2, 0) is 0 Å². The molecule has 0 fully saturated rings. The average Bonchev–Trinajstić information content (AvgIpc) is 2.41. The van der Waals surface area contributed by atoms with Gasteiger partial charge in [0.2, 0.25) is 0 Å². The van der Waals surface area contributed by atoms with Gasteiger partial charge in [-0.2, -0.15) is 0 Å². The first-order chi connectivity index (χ1) is 5.68. The normalized spacial score (nSPS) is 10.9. The van der Waals surface area contributed by atoms with E-state index < -0.39 is 0 Å². The molecule has 0 radical (unpaired) electrons. The highest BCUT2D eigenvalue weighted by molar-refractivity contribution is 9.10. The molecule has 0 saturated carbocycles. The first-order valence-corrected chi connectivity index (χ1v) is 4.59. The fourth-order valence-corrected chi connectivity index (χ4v) is 1.73. The van der Waals surface area contributed by atoms with Crippen molar-refractivity contribution in [3.05, 3.63) is 28.0 Å². The van der Waals surface area contributed by atoms with Crippen LogP contribution in [0.25, 0.3) is 11.0 Å². The highest BCUT2D eigenvalue weighted by Gasteiger charge is 2.04. The number of benzene rings is 1. The van der Waals surface area contributed by atoms with Crippen molar-refractivity contribution in [1.29, 1.82) is 0 Å². The van der Waals surface area contributed by atoms with Crippen LogP contribution < -0.4 is 0 Å². The van der Waals surface area contributed by atoms with Crippen LogP contribution in [0.5, 0.6) is 0 Å². The maximum absolute atomic E-state index is 4.39. The molecular formula is C9H9BrN2. The van der Waals surface area contributed by atoms with Gasteiger partial charge < -0.3 is 4.98 Å². The smallest absolute Gasteiger partial charge is 0.104 e. The standard InChI is InChI=1S/C9H9BrN2/c1-5-3-4-7(10)9-8(5)11-6(2)12-9/h3-4H,1-2H3,(H,11,12). The molecule has 0 unspecified atom stereocenters. The van der Waals surface area contributed by atoms with Crippen LogP contribution in [0.15, 0.2) is 16.6 Å². The maximum atomic E-state index is 4.39. The van der Waals surface area contributed by atoms with Crippen LogP contribution in [0.2, 0.25) is 0 Å². The Kier molecular flexibility index (Phi) is 1.68. The Labute approximate surface area is 79.1 Å². The van der Waals surface area contributed by atoms with Crippen molar-refractivity contribution in [3.63, 3.8) is 0 Å². The van der Waals surface area contributed by atoms with Gasteiger partial charge in [-0.15, -0.1) is 0 Å². The van der Waals surface area contributed by atoms with Gasteiger partial charge in [0.15, 0.2) is 0 Å². The Morgan fingerprint density at radius 3 is 2.75 bits per heavy atom. The number of halogens is 1. The third-order valence-electron chi connectivity index (χ3n) is 1.91. The van der Waals surface area contributed by atoms with Gasteiger partial charge in [0.05, 0.1) is 11.0 Å². The van der Waals surface area contributed by atoms with Crippen LogP contribution in [-0.4, -0.2) is 9.97 Å². The van der Waals surface area contributed by atoms with Crippen LogP contribution >= 0.6 is 15.9 Å². The molecule has 62 valence electrons. The number of rotatable bonds is 0.